The second-order valence-electron chi connectivity index (χ2n) is 11.1. The van der Waals surface area contributed by atoms with Crippen molar-refractivity contribution in [1.29, 1.82) is 0 Å². The lowest BCUT2D eigenvalue weighted by Gasteiger charge is -2.25. The SMILES string of the molecule is CSc1ccc(C(=O)[C@@H]2CN(C(=O)Oc3ccccc3)C[C@H]2CCc2cc(C)c(OC(C)(C)C(=O)O)c(C)c2)cc1. The van der Waals surface area contributed by atoms with Gasteiger partial charge in [0.25, 0.3) is 0 Å². The molecular weight excluding hydrogens is 538 g/mol. The predicted octanol–water partition coefficient (Wildman–Crippen LogP) is 6.83. The Morgan fingerprint density at radius 3 is 2.20 bits per heavy atom. The number of ketones is 1. The van der Waals surface area contributed by atoms with Crippen LogP contribution in [0.3, 0.4) is 0 Å². The third kappa shape index (κ3) is 7.30. The van der Waals surface area contributed by atoms with Gasteiger partial charge in [-0.3, -0.25) is 4.79 Å². The number of benzene rings is 3. The molecule has 1 fully saturated rings. The quantitative estimate of drug-likeness (QED) is 0.209. The third-order valence-corrected chi connectivity index (χ3v) is 8.30. The lowest BCUT2D eigenvalue weighted by molar-refractivity contribution is -0.152. The molecule has 0 bridgehead atoms. The van der Waals surface area contributed by atoms with Crippen molar-refractivity contribution in [3.05, 3.63) is 89.0 Å². The van der Waals surface area contributed by atoms with Crippen molar-refractivity contribution in [2.24, 2.45) is 11.8 Å². The van der Waals surface area contributed by atoms with Crippen molar-refractivity contribution >= 4 is 29.6 Å². The number of Topliss-reactive ketones (excluding diaryl/α,β-unsaturated/α-hetero) is 1. The molecule has 216 valence electrons. The smallest absolute Gasteiger partial charge is 0.415 e. The Balaban J connectivity index is 1.52. The van der Waals surface area contributed by atoms with Crippen LogP contribution in [0.25, 0.3) is 0 Å². The number of carboxylic acids is 1. The fourth-order valence-electron chi connectivity index (χ4n) is 5.23. The maximum absolute atomic E-state index is 13.7. The first-order chi connectivity index (χ1) is 19.5. The third-order valence-electron chi connectivity index (χ3n) is 7.56. The van der Waals surface area contributed by atoms with Gasteiger partial charge in [0.15, 0.2) is 11.4 Å². The summed E-state index contributed by atoms with van der Waals surface area (Å²) in [6, 6.07) is 20.6. The molecule has 0 spiro atoms. The topological polar surface area (TPSA) is 93.1 Å². The summed E-state index contributed by atoms with van der Waals surface area (Å²) in [7, 11) is 0. The van der Waals surface area contributed by atoms with Gasteiger partial charge in [-0.2, -0.15) is 0 Å². The van der Waals surface area contributed by atoms with Gasteiger partial charge < -0.3 is 19.5 Å². The number of hydrogen-bond donors (Lipinski definition) is 1. The number of carbonyl (C=O) groups is 3. The number of amides is 1. The molecule has 1 heterocycles. The minimum atomic E-state index is -1.35. The van der Waals surface area contributed by atoms with Gasteiger partial charge in [-0.05, 0) is 93.7 Å². The summed E-state index contributed by atoms with van der Waals surface area (Å²) in [4.78, 5) is 41.0. The van der Waals surface area contributed by atoms with Crippen LogP contribution in [0, 0.1) is 25.7 Å². The minimum absolute atomic E-state index is 0.0321. The lowest BCUT2D eigenvalue weighted by Crippen LogP contribution is -2.38. The van der Waals surface area contributed by atoms with Crippen molar-refractivity contribution < 1.29 is 29.0 Å². The number of likely N-dealkylation sites (tertiary alicyclic amines) is 1. The molecule has 0 aliphatic carbocycles. The number of nitrogens with zero attached hydrogens (tertiary/aromatic N) is 1. The van der Waals surface area contributed by atoms with Crippen molar-refractivity contribution in [3.63, 3.8) is 0 Å². The standard InChI is InChI=1S/C33H37NO6S/c1-21-17-23(18-22(2)30(21)40-33(3,4)31(36)37)11-12-25-19-34(32(38)39-26-9-7-6-8-10-26)20-28(25)29(35)24-13-15-27(41-5)16-14-24/h6-10,13-18,25,28H,11-12,19-20H2,1-5H3,(H,36,37)/t25-,28-/m1/s1. The van der Waals surface area contributed by atoms with Crippen LogP contribution in [0.15, 0.2) is 71.6 Å². The van der Waals surface area contributed by atoms with E-state index in [1.54, 1.807) is 28.8 Å². The molecule has 1 N–H and O–H groups in total. The van der Waals surface area contributed by atoms with Crippen LogP contribution >= 0.6 is 11.8 Å². The first kappa shape index (κ1) is 30.2. The number of ether oxygens (including phenoxy) is 2. The summed E-state index contributed by atoms with van der Waals surface area (Å²) in [6.45, 7) is 7.60. The Bertz CT molecular complexity index is 1380. The van der Waals surface area contributed by atoms with Gasteiger partial charge in [0, 0.05) is 29.5 Å². The summed E-state index contributed by atoms with van der Waals surface area (Å²) < 4.78 is 11.4. The maximum Gasteiger partial charge on any atom is 0.415 e. The molecule has 7 nitrogen and oxygen atoms in total. The number of aliphatic carboxylic acids is 1. The molecular formula is C33H37NO6S. The van der Waals surface area contributed by atoms with Crippen molar-refractivity contribution in [1.82, 2.24) is 4.90 Å². The van der Waals surface area contributed by atoms with Gasteiger partial charge in [0.1, 0.15) is 11.5 Å². The number of para-hydroxylation sites is 1. The van der Waals surface area contributed by atoms with E-state index in [2.05, 4.69) is 0 Å². The monoisotopic (exact) mass is 575 g/mol. The first-order valence-corrected chi connectivity index (χ1v) is 14.9. The highest BCUT2D eigenvalue weighted by molar-refractivity contribution is 7.98. The number of thioether (sulfide) groups is 1. The molecule has 4 rings (SSSR count). The molecule has 41 heavy (non-hydrogen) atoms. The van der Waals surface area contributed by atoms with Gasteiger partial charge >= 0.3 is 12.1 Å². The highest BCUT2D eigenvalue weighted by Crippen LogP contribution is 2.34. The predicted molar refractivity (Wildman–Crippen MR) is 160 cm³/mol. The van der Waals surface area contributed by atoms with Gasteiger partial charge in [0.2, 0.25) is 0 Å². The molecule has 1 amide bonds. The van der Waals surface area contributed by atoms with Crippen molar-refractivity contribution in [3.8, 4) is 11.5 Å². The van der Waals surface area contributed by atoms with Gasteiger partial charge in [0.05, 0.1) is 0 Å². The number of rotatable bonds is 10. The summed E-state index contributed by atoms with van der Waals surface area (Å²) in [5.41, 5.74) is 2.08. The zero-order valence-electron chi connectivity index (χ0n) is 24.2. The van der Waals surface area contributed by atoms with E-state index in [1.165, 1.54) is 13.8 Å². The fourth-order valence-corrected chi connectivity index (χ4v) is 5.64. The van der Waals surface area contributed by atoms with E-state index < -0.39 is 17.7 Å². The van der Waals surface area contributed by atoms with E-state index in [1.807, 2.05) is 74.7 Å². The summed E-state index contributed by atoms with van der Waals surface area (Å²) in [6.07, 6.45) is 2.94. The van der Waals surface area contributed by atoms with Gasteiger partial charge in [-0.25, -0.2) is 9.59 Å². The number of hydrogen-bond acceptors (Lipinski definition) is 6. The van der Waals surface area contributed by atoms with Crippen LogP contribution in [0.2, 0.25) is 0 Å². The first-order valence-electron chi connectivity index (χ1n) is 13.7. The number of aryl methyl sites for hydroxylation is 3. The summed E-state index contributed by atoms with van der Waals surface area (Å²) in [5, 5.41) is 9.48. The Morgan fingerprint density at radius 2 is 1.61 bits per heavy atom. The van der Waals surface area contributed by atoms with Crippen molar-refractivity contribution in [2.75, 3.05) is 19.3 Å². The van der Waals surface area contributed by atoms with Crippen LogP contribution in [0.1, 0.15) is 47.3 Å². The van der Waals surface area contributed by atoms with E-state index in [0.29, 0.717) is 43.0 Å². The zero-order valence-corrected chi connectivity index (χ0v) is 25.0. The van der Waals surface area contributed by atoms with E-state index in [9.17, 15) is 19.5 Å². The molecule has 8 heteroatoms. The molecule has 1 saturated heterocycles. The molecule has 0 unspecified atom stereocenters. The summed E-state index contributed by atoms with van der Waals surface area (Å²) in [5.74, 6) is -0.358. The average molecular weight is 576 g/mol. The highest BCUT2D eigenvalue weighted by atomic mass is 32.2. The molecule has 1 aliphatic rings. The van der Waals surface area contributed by atoms with Gasteiger partial charge in [-0.15, -0.1) is 11.8 Å². The van der Waals surface area contributed by atoms with E-state index in [4.69, 9.17) is 9.47 Å². The largest absolute Gasteiger partial charge is 0.478 e. The second kappa shape index (κ2) is 12.8. The van der Waals surface area contributed by atoms with Crippen LogP contribution in [0.4, 0.5) is 4.79 Å². The minimum Gasteiger partial charge on any atom is -0.478 e. The molecule has 0 radical (unpaired) electrons. The van der Waals surface area contributed by atoms with Crippen LogP contribution < -0.4 is 9.47 Å². The molecule has 1 aliphatic heterocycles. The van der Waals surface area contributed by atoms with E-state index in [-0.39, 0.29) is 17.6 Å². The molecule has 0 saturated carbocycles. The molecule has 3 aromatic rings. The second-order valence-corrected chi connectivity index (χ2v) is 11.9. The Morgan fingerprint density at radius 1 is 0.976 bits per heavy atom. The van der Waals surface area contributed by atoms with Crippen LogP contribution in [-0.2, 0) is 11.2 Å². The molecule has 2 atom stereocenters. The summed E-state index contributed by atoms with van der Waals surface area (Å²) >= 11 is 1.62. The van der Waals surface area contributed by atoms with Gasteiger partial charge in [-0.1, -0.05) is 42.5 Å². The fraction of sp³-hybridized carbons (Fsp3) is 0.364. The number of carboxylic acid groups (broad SMARTS) is 1. The van der Waals surface area contributed by atoms with Crippen molar-refractivity contribution in [2.45, 2.75) is 51.0 Å². The highest BCUT2D eigenvalue weighted by Gasteiger charge is 2.40. The number of carbonyl (C=O) groups excluding carboxylic acids is 2. The van der Waals surface area contributed by atoms with E-state index >= 15 is 0 Å². The molecule has 3 aromatic carbocycles. The van der Waals surface area contributed by atoms with Crippen LogP contribution in [-0.4, -0.2) is 52.8 Å². The van der Waals surface area contributed by atoms with Crippen LogP contribution in [0.5, 0.6) is 11.5 Å². The lowest BCUT2D eigenvalue weighted by atomic mass is 9.84. The maximum atomic E-state index is 13.7. The Kier molecular flexibility index (Phi) is 9.43. The van der Waals surface area contributed by atoms with E-state index in [0.717, 1.165) is 21.6 Å². The Labute approximate surface area is 245 Å². The normalized spacial score (nSPS) is 16.9. The molecule has 0 aromatic heterocycles. The zero-order chi connectivity index (χ0) is 29.7. The average Bonchev–Trinajstić information content (AvgIpc) is 3.38. The Hall–Kier alpha value is -3.78.